The van der Waals surface area contributed by atoms with Crippen molar-refractivity contribution >= 4 is 5.97 Å². The van der Waals surface area contributed by atoms with Crippen LogP contribution in [0, 0.1) is 0 Å². The Morgan fingerprint density at radius 3 is 2.50 bits per heavy atom. The number of carbonyl (C=O) groups excluding carboxylic acids is 1. The van der Waals surface area contributed by atoms with Crippen molar-refractivity contribution in [1.29, 1.82) is 0 Å². The van der Waals surface area contributed by atoms with Crippen LogP contribution in [0.15, 0.2) is 12.7 Å². The summed E-state index contributed by atoms with van der Waals surface area (Å²) in [5, 5.41) is 9.26. The Kier molecular flexibility index (Phi) is 4.54. The molecule has 0 aromatic rings. The van der Waals surface area contributed by atoms with E-state index in [0.717, 1.165) is 6.08 Å². The summed E-state index contributed by atoms with van der Waals surface area (Å²) >= 11 is 0. The fraction of sp³-hybridized carbons (Fsp3) is 0.625. The average Bonchev–Trinajstić information content (AvgIpc) is 2.02. The van der Waals surface area contributed by atoms with E-state index in [2.05, 4.69) is 11.3 Å². The highest BCUT2D eigenvalue weighted by atomic mass is 16.6. The molecule has 0 saturated carbocycles. The first-order valence-corrected chi connectivity index (χ1v) is 3.66. The monoisotopic (exact) mass is 173 g/mol. The van der Waals surface area contributed by atoms with Gasteiger partial charge in [0.15, 0.2) is 0 Å². The van der Waals surface area contributed by atoms with E-state index in [9.17, 15) is 9.90 Å². The lowest BCUT2D eigenvalue weighted by Gasteiger charge is -2.24. The quantitative estimate of drug-likeness (QED) is 0.369. The number of likely N-dealkylation sites (N-methyl/N-ethyl adjacent to an activating group) is 1. The molecule has 4 heteroatoms. The molecule has 0 aliphatic rings. The van der Waals surface area contributed by atoms with Crippen LogP contribution in [0.1, 0.15) is 6.92 Å². The zero-order valence-electron chi connectivity index (χ0n) is 7.65. The lowest BCUT2D eigenvalue weighted by atomic mass is 10.3. The topological polar surface area (TPSA) is 49.8 Å². The van der Waals surface area contributed by atoms with Crippen molar-refractivity contribution < 1.29 is 14.6 Å². The van der Waals surface area contributed by atoms with E-state index >= 15 is 0 Å². The van der Waals surface area contributed by atoms with E-state index < -0.39 is 12.3 Å². The van der Waals surface area contributed by atoms with Gasteiger partial charge < -0.3 is 14.7 Å². The Balaban J connectivity index is 3.94. The highest BCUT2D eigenvalue weighted by Gasteiger charge is 2.18. The Bertz CT molecular complexity index is 168. The van der Waals surface area contributed by atoms with E-state index in [1.165, 1.54) is 0 Å². The Hall–Kier alpha value is -0.870. The van der Waals surface area contributed by atoms with Gasteiger partial charge in [0.05, 0.1) is 6.04 Å². The summed E-state index contributed by atoms with van der Waals surface area (Å²) in [6, 6.07) is -0.228. The highest BCUT2D eigenvalue weighted by molar-refractivity contribution is 5.81. The minimum absolute atomic E-state index is 0.228. The zero-order chi connectivity index (χ0) is 9.72. The molecule has 2 atom stereocenters. The third kappa shape index (κ3) is 3.50. The van der Waals surface area contributed by atoms with Gasteiger partial charge in [-0.15, -0.1) is 0 Å². The Labute approximate surface area is 72.4 Å². The van der Waals surface area contributed by atoms with Gasteiger partial charge in [-0.05, 0) is 21.0 Å². The van der Waals surface area contributed by atoms with E-state index in [-0.39, 0.29) is 6.04 Å². The molecule has 0 spiro atoms. The third-order valence-corrected chi connectivity index (χ3v) is 1.63. The summed E-state index contributed by atoms with van der Waals surface area (Å²) in [6.07, 6.45) is -0.0866. The summed E-state index contributed by atoms with van der Waals surface area (Å²) in [7, 11) is 3.57. The van der Waals surface area contributed by atoms with Gasteiger partial charge in [0.25, 0.3) is 0 Å². The molecule has 0 fully saturated rings. The molecule has 0 bridgehead atoms. The molecular weight excluding hydrogens is 158 g/mol. The molecular formula is C8H15NO3. The van der Waals surface area contributed by atoms with Gasteiger partial charge in [-0.25, -0.2) is 4.79 Å². The number of hydrogen-bond donors (Lipinski definition) is 1. The molecule has 4 nitrogen and oxygen atoms in total. The molecule has 12 heavy (non-hydrogen) atoms. The van der Waals surface area contributed by atoms with E-state index in [1.807, 2.05) is 0 Å². The summed E-state index contributed by atoms with van der Waals surface area (Å²) < 4.78 is 4.58. The molecule has 0 radical (unpaired) electrons. The molecule has 0 aromatic heterocycles. The Morgan fingerprint density at radius 1 is 1.67 bits per heavy atom. The maximum Gasteiger partial charge on any atom is 0.332 e. The molecule has 0 heterocycles. The summed E-state index contributed by atoms with van der Waals surface area (Å²) in [5.74, 6) is -0.615. The first kappa shape index (κ1) is 11.1. The largest absolute Gasteiger partial charge is 0.431 e. The van der Waals surface area contributed by atoms with Crippen LogP contribution < -0.4 is 0 Å². The number of esters is 1. The fourth-order valence-electron chi connectivity index (χ4n) is 0.521. The smallest absolute Gasteiger partial charge is 0.332 e. The van der Waals surface area contributed by atoms with E-state index in [0.29, 0.717) is 0 Å². The van der Waals surface area contributed by atoms with Gasteiger partial charge in [-0.2, -0.15) is 0 Å². The van der Waals surface area contributed by atoms with Crippen LogP contribution in [-0.2, 0) is 9.53 Å². The molecule has 0 saturated heterocycles. The first-order valence-electron chi connectivity index (χ1n) is 3.66. The van der Waals surface area contributed by atoms with Crippen molar-refractivity contribution in [2.75, 3.05) is 14.1 Å². The van der Waals surface area contributed by atoms with Gasteiger partial charge >= 0.3 is 5.97 Å². The number of rotatable bonds is 4. The van der Waals surface area contributed by atoms with Gasteiger partial charge in [0, 0.05) is 6.08 Å². The van der Waals surface area contributed by atoms with Gasteiger partial charge in [-0.3, -0.25) is 0 Å². The second kappa shape index (κ2) is 4.90. The number of aliphatic hydroxyl groups is 1. The lowest BCUT2D eigenvalue weighted by molar-refractivity contribution is -0.170. The van der Waals surface area contributed by atoms with Crippen molar-refractivity contribution in [2.24, 2.45) is 0 Å². The molecule has 0 aromatic carbocycles. The third-order valence-electron chi connectivity index (χ3n) is 1.63. The molecule has 2 unspecified atom stereocenters. The fourth-order valence-corrected chi connectivity index (χ4v) is 0.521. The van der Waals surface area contributed by atoms with Crippen molar-refractivity contribution in [3.05, 3.63) is 12.7 Å². The van der Waals surface area contributed by atoms with E-state index in [4.69, 9.17) is 0 Å². The molecule has 70 valence electrons. The summed E-state index contributed by atoms with van der Waals surface area (Å²) in [6.45, 7) is 4.97. The normalized spacial score (nSPS) is 15.4. The van der Waals surface area contributed by atoms with Crippen molar-refractivity contribution in [1.82, 2.24) is 4.90 Å². The first-order chi connectivity index (χ1) is 5.49. The van der Waals surface area contributed by atoms with Crippen molar-refractivity contribution in [3.63, 3.8) is 0 Å². The minimum Gasteiger partial charge on any atom is -0.431 e. The molecule has 1 N–H and O–H groups in total. The van der Waals surface area contributed by atoms with Crippen LogP contribution in [0.4, 0.5) is 0 Å². The summed E-state index contributed by atoms with van der Waals surface area (Å²) in [4.78, 5) is 12.4. The minimum atomic E-state index is -1.11. The number of nitrogens with zero attached hydrogens (tertiary/aromatic N) is 1. The number of ether oxygens (including phenoxy) is 1. The second-order valence-electron chi connectivity index (χ2n) is 2.74. The number of carbonyl (C=O) groups is 1. The molecule has 0 amide bonds. The van der Waals surface area contributed by atoms with Crippen LogP contribution in [0.3, 0.4) is 0 Å². The molecule has 0 rings (SSSR count). The average molecular weight is 173 g/mol. The lowest BCUT2D eigenvalue weighted by Crippen LogP contribution is -2.38. The zero-order valence-corrected chi connectivity index (χ0v) is 7.65. The van der Waals surface area contributed by atoms with Gasteiger partial charge in [0.1, 0.15) is 0 Å². The Morgan fingerprint density at radius 2 is 2.17 bits per heavy atom. The predicted octanol–water partition coefficient (Wildman–Crippen LogP) is -0.0159. The standard InChI is InChI=1S/C8H15NO3/c1-5-7(10)12-8(11)6(2)9(3)4/h5-6,8,11H,1H2,2-4H3. The van der Waals surface area contributed by atoms with Crippen LogP contribution in [0.5, 0.6) is 0 Å². The van der Waals surface area contributed by atoms with Gasteiger partial charge in [0.2, 0.25) is 6.29 Å². The maximum absolute atomic E-state index is 10.6. The van der Waals surface area contributed by atoms with Crippen molar-refractivity contribution in [3.8, 4) is 0 Å². The summed E-state index contributed by atoms with van der Waals surface area (Å²) in [5.41, 5.74) is 0. The van der Waals surface area contributed by atoms with Crippen LogP contribution in [-0.4, -0.2) is 42.4 Å². The van der Waals surface area contributed by atoms with Crippen LogP contribution in [0.25, 0.3) is 0 Å². The predicted molar refractivity (Wildman–Crippen MR) is 45.4 cm³/mol. The SMILES string of the molecule is C=CC(=O)OC(O)C(C)N(C)C. The highest BCUT2D eigenvalue weighted by Crippen LogP contribution is 2.01. The number of aliphatic hydroxyl groups excluding tert-OH is 1. The molecule has 0 aliphatic carbocycles. The van der Waals surface area contributed by atoms with Crippen molar-refractivity contribution in [2.45, 2.75) is 19.3 Å². The van der Waals surface area contributed by atoms with E-state index in [1.54, 1.807) is 25.9 Å². The molecule has 0 aliphatic heterocycles. The maximum atomic E-state index is 10.6. The van der Waals surface area contributed by atoms with Gasteiger partial charge in [-0.1, -0.05) is 6.58 Å². The van der Waals surface area contributed by atoms with Crippen LogP contribution in [0.2, 0.25) is 0 Å². The van der Waals surface area contributed by atoms with Crippen LogP contribution >= 0.6 is 0 Å². The number of hydrogen-bond acceptors (Lipinski definition) is 4. The second-order valence-corrected chi connectivity index (χ2v) is 2.74.